The van der Waals surface area contributed by atoms with Crippen LogP contribution in [0.3, 0.4) is 0 Å². The van der Waals surface area contributed by atoms with Crippen molar-refractivity contribution in [3.8, 4) is 0 Å². The molecule has 0 bridgehead atoms. The number of nitrogens with zero attached hydrogens (tertiary/aromatic N) is 1. The predicted molar refractivity (Wildman–Crippen MR) is 78.3 cm³/mol. The summed E-state index contributed by atoms with van der Waals surface area (Å²) in [5, 5.41) is 19.4. The molecule has 0 radical (unpaired) electrons. The standard InChI is InChI=1S/C16H19NO4/c18-10-11-4-3-7-17(8-11)9-14-15(16(19)20)12-5-1-2-6-13(12)21-14/h1-2,5-6,11,18H,3-4,7-10H2,(H,19,20). The molecule has 5 nitrogen and oxygen atoms in total. The zero-order chi connectivity index (χ0) is 14.8. The topological polar surface area (TPSA) is 73.9 Å². The van der Waals surface area contributed by atoms with Crippen molar-refractivity contribution in [3.63, 3.8) is 0 Å². The second-order valence-corrected chi connectivity index (χ2v) is 5.63. The molecule has 0 amide bonds. The zero-order valence-corrected chi connectivity index (χ0v) is 11.8. The van der Waals surface area contributed by atoms with Gasteiger partial charge >= 0.3 is 5.97 Å². The molecule has 1 atom stereocenters. The van der Waals surface area contributed by atoms with Gasteiger partial charge in [0.25, 0.3) is 0 Å². The SMILES string of the molecule is O=C(O)c1c(CN2CCCC(CO)C2)oc2ccccc12. The van der Waals surface area contributed by atoms with Crippen LogP contribution < -0.4 is 0 Å². The lowest BCUT2D eigenvalue weighted by atomic mass is 9.99. The van der Waals surface area contributed by atoms with Crippen molar-refractivity contribution in [1.29, 1.82) is 0 Å². The fraction of sp³-hybridized carbons (Fsp3) is 0.438. The van der Waals surface area contributed by atoms with Crippen molar-refractivity contribution in [1.82, 2.24) is 4.90 Å². The highest BCUT2D eigenvalue weighted by atomic mass is 16.4. The van der Waals surface area contributed by atoms with E-state index in [1.165, 1.54) is 0 Å². The highest BCUT2D eigenvalue weighted by Crippen LogP contribution is 2.28. The largest absolute Gasteiger partial charge is 0.478 e. The van der Waals surface area contributed by atoms with E-state index < -0.39 is 5.97 Å². The molecule has 0 spiro atoms. The van der Waals surface area contributed by atoms with Crippen molar-refractivity contribution in [3.05, 3.63) is 35.6 Å². The number of rotatable bonds is 4. The average molecular weight is 289 g/mol. The highest BCUT2D eigenvalue weighted by Gasteiger charge is 2.25. The van der Waals surface area contributed by atoms with Crippen LogP contribution in [0.5, 0.6) is 0 Å². The van der Waals surface area contributed by atoms with E-state index in [1.807, 2.05) is 12.1 Å². The summed E-state index contributed by atoms with van der Waals surface area (Å²) in [6.07, 6.45) is 2.05. The van der Waals surface area contributed by atoms with Crippen LogP contribution in [0.1, 0.15) is 29.0 Å². The third-order valence-electron chi connectivity index (χ3n) is 4.11. The lowest BCUT2D eigenvalue weighted by Gasteiger charge is -2.31. The first-order valence-electron chi connectivity index (χ1n) is 7.26. The minimum atomic E-state index is -0.953. The minimum Gasteiger partial charge on any atom is -0.478 e. The molecule has 2 heterocycles. The number of para-hydroxylation sites is 1. The van der Waals surface area contributed by atoms with Crippen molar-refractivity contribution >= 4 is 16.9 Å². The van der Waals surface area contributed by atoms with Gasteiger partial charge in [-0.1, -0.05) is 18.2 Å². The van der Waals surface area contributed by atoms with Gasteiger partial charge in [0.05, 0.1) is 6.54 Å². The molecule has 1 aliphatic rings. The molecule has 0 aliphatic carbocycles. The molecule has 0 saturated carbocycles. The number of benzene rings is 1. The highest BCUT2D eigenvalue weighted by molar-refractivity contribution is 6.03. The molecule has 2 N–H and O–H groups in total. The van der Waals surface area contributed by atoms with Crippen LogP contribution in [-0.2, 0) is 6.54 Å². The van der Waals surface area contributed by atoms with Crippen molar-refractivity contribution in [2.45, 2.75) is 19.4 Å². The number of piperidine rings is 1. The van der Waals surface area contributed by atoms with Gasteiger partial charge in [0.2, 0.25) is 0 Å². The van der Waals surface area contributed by atoms with E-state index in [0.717, 1.165) is 25.9 Å². The van der Waals surface area contributed by atoms with Crippen LogP contribution in [-0.4, -0.2) is 40.8 Å². The third kappa shape index (κ3) is 2.80. The maximum Gasteiger partial charge on any atom is 0.339 e. The number of carbonyl (C=O) groups is 1. The maximum atomic E-state index is 11.5. The quantitative estimate of drug-likeness (QED) is 0.903. The summed E-state index contributed by atoms with van der Waals surface area (Å²) >= 11 is 0. The minimum absolute atomic E-state index is 0.183. The number of aromatic carboxylic acids is 1. The summed E-state index contributed by atoms with van der Waals surface area (Å²) in [7, 11) is 0. The monoisotopic (exact) mass is 289 g/mol. The number of aliphatic hydroxyl groups excluding tert-OH is 1. The molecule has 1 aromatic carbocycles. The molecule has 1 aliphatic heterocycles. The Hall–Kier alpha value is -1.85. The van der Waals surface area contributed by atoms with Crippen LogP contribution in [0, 0.1) is 5.92 Å². The fourth-order valence-corrected chi connectivity index (χ4v) is 3.09. The van der Waals surface area contributed by atoms with E-state index in [0.29, 0.717) is 23.3 Å². The van der Waals surface area contributed by atoms with Crippen LogP contribution >= 0.6 is 0 Å². The number of carboxylic acid groups (broad SMARTS) is 1. The number of likely N-dealkylation sites (tertiary alicyclic amines) is 1. The summed E-state index contributed by atoms with van der Waals surface area (Å²) in [5.74, 6) is -0.177. The van der Waals surface area contributed by atoms with Gasteiger partial charge in [-0.2, -0.15) is 0 Å². The summed E-state index contributed by atoms with van der Waals surface area (Å²) in [4.78, 5) is 13.7. The predicted octanol–water partition coefficient (Wildman–Crippen LogP) is 2.34. The summed E-state index contributed by atoms with van der Waals surface area (Å²) < 4.78 is 5.75. The molecule has 5 heteroatoms. The van der Waals surface area contributed by atoms with Crippen LogP contribution in [0.4, 0.5) is 0 Å². The molecular weight excluding hydrogens is 270 g/mol. The number of furan rings is 1. The normalized spacial score (nSPS) is 20.0. The molecular formula is C16H19NO4. The maximum absolute atomic E-state index is 11.5. The number of hydrogen-bond donors (Lipinski definition) is 2. The Bertz CT molecular complexity index is 649. The first kappa shape index (κ1) is 14.1. The first-order chi connectivity index (χ1) is 10.2. The lowest BCUT2D eigenvalue weighted by molar-refractivity contribution is 0.0690. The molecule has 1 saturated heterocycles. The summed E-state index contributed by atoms with van der Waals surface area (Å²) in [6.45, 7) is 2.36. The van der Waals surface area contributed by atoms with E-state index in [1.54, 1.807) is 12.1 Å². The Morgan fingerprint density at radius 1 is 1.38 bits per heavy atom. The first-order valence-corrected chi connectivity index (χ1v) is 7.26. The Morgan fingerprint density at radius 3 is 2.95 bits per heavy atom. The van der Waals surface area contributed by atoms with E-state index in [4.69, 9.17) is 4.42 Å². The van der Waals surface area contributed by atoms with Crippen LogP contribution in [0.25, 0.3) is 11.0 Å². The van der Waals surface area contributed by atoms with Gasteiger partial charge in [0.15, 0.2) is 0 Å². The van der Waals surface area contributed by atoms with Crippen molar-refractivity contribution in [2.75, 3.05) is 19.7 Å². The molecule has 1 fully saturated rings. The second kappa shape index (κ2) is 5.87. The smallest absolute Gasteiger partial charge is 0.339 e. The molecule has 1 unspecified atom stereocenters. The number of carboxylic acids is 1. The second-order valence-electron chi connectivity index (χ2n) is 5.63. The Balaban J connectivity index is 1.89. The molecule has 1 aromatic heterocycles. The van der Waals surface area contributed by atoms with Crippen molar-refractivity contribution < 1.29 is 19.4 Å². The fourth-order valence-electron chi connectivity index (χ4n) is 3.09. The van der Waals surface area contributed by atoms with E-state index in [-0.39, 0.29) is 18.1 Å². The number of aliphatic hydroxyl groups is 1. The average Bonchev–Trinajstić information content (AvgIpc) is 2.85. The molecule has 21 heavy (non-hydrogen) atoms. The molecule has 3 rings (SSSR count). The van der Waals surface area contributed by atoms with E-state index in [2.05, 4.69) is 4.90 Å². The van der Waals surface area contributed by atoms with Gasteiger partial charge in [-0.25, -0.2) is 4.79 Å². The zero-order valence-electron chi connectivity index (χ0n) is 11.8. The summed E-state index contributed by atoms with van der Waals surface area (Å²) in [6, 6.07) is 7.22. The van der Waals surface area contributed by atoms with Gasteiger partial charge in [-0.05, 0) is 31.4 Å². The molecule has 112 valence electrons. The number of hydrogen-bond acceptors (Lipinski definition) is 4. The lowest BCUT2D eigenvalue weighted by Crippen LogP contribution is -2.36. The Labute approximate surface area is 122 Å². The van der Waals surface area contributed by atoms with Gasteiger partial charge in [-0.15, -0.1) is 0 Å². The van der Waals surface area contributed by atoms with Gasteiger partial charge in [0.1, 0.15) is 16.9 Å². The van der Waals surface area contributed by atoms with E-state index >= 15 is 0 Å². The van der Waals surface area contributed by atoms with E-state index in [9.17, 15) is 15.0 Å². The Morgan fingerprint density at radius 2 is 2.19 bits per heavy atom. The summed E-state index contributed by atoms with van der Waals surface area (Å²) in [5.41, 5.74) is 0.873. The molecule has 2 aromatic rings. The van der Waals surface area contributed by atoms with Gasteiger partial charge in [-0.3, -0.25) is 4.90 Å². The van der Waals surface area contributed by atoms with Gasteiger partial charge < -0.3 is 14.6 Å². The third-order valence-corrected chi connectivity index (χ3v) is 4.11. The van der Waals surface area contributed by atoms with Gasteiger partial charge in [0, 0.05) is 18.5 Å². The van der Waals surface area contributed by atoms with Crippen molar-refractivity contribution in [2.24, 2.45) is 5.92 Å². The van der Waals surface area contributed by atoms with Crippen LogP contribution in [0.15, 0.2) is 28.7 Å². The van der Waals surface area contributed by atoms with Crippen LogP contribution in [0.2, 0.25) is 0 Å². The Kier molecular flexibility index (Phi) is 3.94. The number of fused-ring (bicyclic) bond motifs is 1.